The number of hydrogen-bond acceptors (Lipinski definition) is 3. The fourth-order valence-electron chi connectivity index (χ4n) is 1.77. The quantitative estimate of drug-likeness (QED) is 0.852. The van der Waals surface area contributed by atoms with Gasteiger partial charge in [0.05, 0.1) is 13.7 Å². The Morgan fingerprint density at radius 1 is 1.26 bits per heavy atom. The fraction of sp³-hybridized carbons (Fsp3) is 0.625. The van der Waals surface area contributed by atoms with Gasteiger partial charge >= 0.3 is 0 Å². The summed E-state index contributed by atoms with van der Waals surface area (Å²) in [5.41, 5.74) is 1.37. The molecule has 1 N–H and O–H groups in total. The van der Waals surface area contributed by atoms with E-state index in [9.17, 15) is 0 Å². The lowest BCUT2D eigenvalue weighted by Gasteiger charge is -2.28. The molecule has 108 valence electrons. The summed E-state index contributed by atoms with van der Waals surface area (Å²) in [6.07, 6.45) is 0. The van der Waals surface area contributed by atoms with Gasteiger partial charge in [0.1, 0.15) is 0 Å². The van der Waals surface area contributed by atoms with Crippen LogP contribution in [-0.4, -0.2) is 19.8 Å². The minimum Gasteiger partial charge on any atom is -0.493 e. The molecular formula is C16H27NO2. The molecular weight excluding hydrogens is 238 g/mol. The highest BCUT2D eigenvalue weighted by Gasteiger charge is 2.20. The van der Waals surface area contributed by atoms with Gasteiger partial charge in [0.2, 0.25) is 0 Å². The van der Waals surface area contributed by atoms with Gasteiger partial charge < -0.3 is 14.8 Å². The zero-order chi connectivity index (χ0) is 14.5. The second-order valence-electron chi connectivity index (χ2n) is 5.85. The van der Waals surface area contributed by atoms with Crippen LogP contribution in [0.5, 0.6) is 11.5 Å². The zero-order valence-corrected chi connectivity index (χ0v) is 13.0. The average Bonchev–Trinajstić information content (AvgIpc) is 2.35. The number of hydrogen-bond donors (Lipinski definition) is 1. The maximum Gasteiger partial charge on any atom is 0.165 e. The van der Waals surface area contributed by atoms with Crippen molar-refractivity contribution in [2.24, 2.45) is 5.41 Å². The third kappa shape index (κ3) is 4.43. The Morgan fingerprint density at radius 2 is 1.95 bits per heavy atom. The number of para-hydroxylation sites is 1. The standard InChI is InChI=1S/C16H27NO2/c1-7-19-14-10-8-9-13(15(14)18-6)11-17-12(2)16(3,4)5/h8-10,12,17H,7,11H2,1-6H3. The van der Waals surface area contributed by atoms with Crippen molar-refractivity contribution in [3.63, 3.8) is 0 Å². The van der Waals surface area contributed by atoms with Gasteiger partial charge in [0.25, 0.3) is 0 Å². The van der Waals surface area contributed by atoms with Gasteiger partial charge in [-0.25, -0.2) is 0 Å². The van der Waals surface area contributed by atoms with E-state index < -0.39 is 0 Å². The van der Waals surface area contributed by atoms with Crippen molar-refractivity contribution in [2.75, 3.05) is 13.7 Å². The van der Waals surface area contributed by atoms with E-state index in [-0.39, 0.29) is 5.41 Å². The van der Waals surface area contributed by atoms with E-state index in [0.29, 0.717) is 12.6 Å². The van der Waals surface area contributed by atoms with E-state index in [2.05, 4.69) is 39.1 Å². The van der Waals surface area contributed by atoms with Crippen molar-refractivity contribution in [3.8, 4) is 11.5 Å². The third-order valence-corrected chi connectivity index (χ3v) is 3.46. The molecule has 0 radical (unpaired) electrons. The van der Waals surface area contributed by atoms with E-state index in [0.717, 1.165) is 23.6 Å². The molecule has 0 amide bonds. The number of rotatable bonds is 6. The number of nitrogens with one attached hydrogen (secondary N) is 1. The Morgan fingerprint density at radius 3 is 2.47 bits per heavy atom. The van der Waals surface area contributed by atoms with Crippen LogP contribution in [0, 0.1) is 5.41 Å². The maximum atomic E-state index is 5.59. The molecule has 3 heteroatoms. The van der Waals surface area contributed by atoms with Crippen LogP contribution in [0.3, 0.4) is 0 Å². The van der Waals surface area contributed by atoms with Crippen LogP contribution in [0.25, 0.3) is 0 Å². The maximum absolute atomic E-state index is 5.59. The predicted octanol–water partition coefficient (Wildman–Crippen LogP) is 3.62. The number of ether oxygens (including phenoxy) is 2. The van der Waals surface area contributed by atoms with Crippen molar-refractivity contribution >= 4 is 0 Å². The van der Waals surface area contributed by atoms with E-state index in [1.54, 1.807) is 7.11 Å². The summed E-state index contributed by atoms with van der Waals surface area (Å²) < 4.78 is 11.1. The van der Waals surface area contributed by atoms with Gasteiger partial charge in [-0.15, -0.1) is 0 Å². The first-order chi connectivity index (χ1) is 8.90. The second kappa shape index (κ2) is 6.80. The molecule has 1 aromatic rings. The normalized spacial score (nSPS) is 13.2. The molecule has 0 aliphatic heterocycles. The second-order valence-corrected chi connectivity index (χ2v) is 5.85. The van der Waals surface area contributed by atoms with Crippen molar-refractivity contribution in [3.05, 3.63) is 23.8 Å². The Labute approximate surface area is 117 Å². The summed E-state index contributed by atoms with van der Waals surface area (Å²) in [7, 11) is 1.69. The molecule has 0 aliphatic carbocycles. The van der Waals surface area contributed by atoms with Gasteiger partial charge in [-0.1, -0.05) is 32.9 Å². The van der Waals surface area contributed by atoms with E-state index in [1.807, 2.05) is 19.1 Å². The first-order valence-corrected chi connectivity index (χ1v) is 6.92. The van der Waals surface area contributed by atoms with Crippen LogP contribution in [0.4, 0.5) is 0 Å². The SMILES string of the molecule is CCOc1cccc(CNC(C)C(C)(C)C)c1OC. The van der Waals surface area contributed by atoms with Crippen LogP contribution in [-0.2, 0) is 6.54 Å². The van der Waals surface area contributed by atoms with Crippen LogP contribution in [0.1, 0.15) is 40.2 Å². The van der Waals surface area contributed by atoms with Crippen molar-refractivity contribution in [1.29, 1.82) is 0 Å². The molecule has 19 heavy (non-hydrogen) atoms. The van der Waals surface area contributed by atoms with Gasteiger partial charge in [-0.2, -0.15) is 0 Å². The minimum absolute atomic E-state index is 0.241. The first-order valence-electron chi connectivity index (χ1n) is 6.92. The average molecular weight is 265 g/mol. The van der Waals surface area contributed by atoms with Crippen molar-refractivity contribution in [1.82, 2.24) is 5.32 Å². The lowest BCUT2D eigenvalue weighted by Crippen LogP contribution is -2.37. The Hall–Kier alpha value is -1.22. The summed E-state index contributed by atoms with van der Waals surface area (Å²) in [6.45, 7) is 12.3. The molecule has 0 saturated carbocycles. The summed E-state index contributed by atoms with van der Waals surface area (Å²) >= 11 is 0. The molecule has 0 fully saturated rings. The van der Waals surface area contributed by atoms with Crippen LogP contribution < -0.4 is 14.8 Å². The molecule has 1 atom stereocenters. The smallest absolute Gasteiger partial charge is 0.165 e. The largest absolute Gasteiger partial charge is 0.493 e. The van der Waals surface area contributed by atoms with Gasteiger partial charge in [0, 0.05) is 18.2 Å². The summed E-state index contributed by atoms with van der Waals surface area (Å²) in [5.74, 6) is 1.64. The predicted molar refractivity (Wildman–Crippen MR) is 79.9 cm³/mol. The summed E-state index contributed by atoms with van der Waals surface area (Å²) in [6, 6.07) is 6.45. The number of benzene rings is 1. The first kappa shape index (κ1) is 15.8. The Balaban J connectivity index is 2.81. The molecule has 3 nitrogen and oxygen atoms in total. The topological polar surface area (TPSA) is 30.5 Å². The Kier molecular flexibility index (Phi) is 5.67. The fourth-order valence-corrected chi connectivity index (χ4v) is 1.77. The van der Waals surface area contributed by atoms with Crippen molar-refractivity contribution in [2.45, 2.75) is 47.2 Å². The van der Waals surface area contributed by atoms with Crippen LogP contribution in [0.2, 0.25) is 0 Å². The molecule has 0 aliphatic rings. The molecule has 0 saturated heterocycles. The van der Waals surface area contributed by atoms with E-state index in [1.165, 1.54) is 0 Å². The minimum atomic E-state index is 0.241. The third-order valence-electron chi connectivity index (χ3n) is 3.46. The molecule has 0 aromatic heterocycles. The highest BCUT2D eigenvalue weighted by Crippen LogP contribution is 2.31. The molecule has 0 spiro atoms. The summed E-state index contributed by atoms with van der Waals surface area (Å²) in [5, 5.41) is 3.55. The number of methoxy groups -OCH3 is 1. The zero-order valence-electron chi connectivity index (χ0n) is 13.0. The molecule has 0 bridgehead atoms. The highest BCUT2D eigenvalue weighted by molar-refractivity contribution is 5.46. The highest BCUT2D eigenvalue weighted by atomic mass is 16.5. The molecule has 1 aromatic carbocycles. The lowest BCUT2D eigenvalue weighted by atomic mass is 9.88. The monoisotopic (exact) mass is 265 g/mol. The van der Waals surface area contributed by atoms with Gasteiger partial charge in [0.15, 0.2) is 11.5 Å². The Bertz CT molecular complexity index is 396. The van der Waals surface area contributed by atoms with E-state index in [4.69, 9.17) is 9.47 Å². The van der Waals surface area contributed by atoms with E-state index >= 15 is 0 Å². The molecule has 1 rings (SSSR count). The molecule has 0 heterocycles. The molecule has 1 unspecified atom stereocenters. The van der Waals surface area contributed by atoms with Crippen molar-refractivity contribution < 1.29 is 9.47 Å². The lowest BCUT2D eigenvalue weighted by molar-refractivity contribution is 0.281. The van der Waals surface area contributed by atoms with Gasteiger partial charge in [-0.3, -0.25) is 0 Å². The van der Waals surface area contributed by atoms with Gasteiger partial charge in [-0.05, 0) is 25.3 Å². The summed E-state index contributed by atoms with van der Waals surface area (Å²) in [4.78, 5) is 0. The van der Waals surface area contributed by atoms with Crippen LogP contribution >= 0.6 is 0 Å². The van der Waals surface area contributed by atoms with Crippen LogP contribution in [0.15, 0.2) is 18.2 Å².